The van der Waals surface area contributed by atoms with Crippen molar-refractivity contribution in [2.24, 2.45) is 0 Å². The maximum absolute atomic E-state index is 10.3. The second-order valence-corrected chi connectivity index (χ2v) is 2.86. The van der Waals surface area contributed by atoms with Gasteiger partial charge in [-0.3, -0.25) is 4.79 Å². The average Bonchev–Trinajstić information content (AvgIpc) is 2.09. The van der Waals surface area contributed by atoms with Gasteiger partial charge in [-0.25, -0.2) is 0 Å². The molecule has 0 atom stereocenters. The zero-order chi connectivity index (χ0) is 9.94. The Morgan fingerprint density at radius 1 is 1.23 bits per heavy atom. The molecule has 0 rings (SSSR count). The highest BCUT2D eigenvalue weighted by Gasteiger charge is 1.91. The Kier molecular flexibility index (Phi) is 9.63. The molecule has 78 valence electrons. The minimum atomic E-state index is -0.328. The highest BCUT2D eigenvalue weighted by molar-refractivity contribution is 7.96. The molecule has 0 aromatic heterocycles. The molecule has 0 aliphatic heterocycles. The lowest BCUT2D eigenvalue weighted by Crippen LogP contribution is -2.22. The predicted octanol–water partition coefficient (Wildman–Crippen LogP) is 1.07. The van der Waals surface area contributed by atoms with Crippen LogP contribution in [0.4, 0.5) is 4.79 Å². The van der Waals surface area contributed by atoms with E-state index >= 15 is 0 Å². The summed E-state index contributed by atoms with van der Waals surface area (Å²) >= 11 is 3.54. The number of thiol groups is 1. The normalized spacial score (nSPS) is 10.0. The van der Waals surface area contributed by atoms with E-state index in [0.29, 0.717) is 26.4 Å². The summed E-state index contributed by atoms with van der Waals surface area (Å²) in [5.74, 6) is 0. The molecule has 0 radical (unpaired) electrons. The van der Waals surface area contributed by atoms with E-state index in [1.54, 1.807) is 0 Å². The zero-order valence-electron chi connectivity index (χ0n) is 7.91. The largest absolute Gasteiger partial charge is 0.379 e. The molecular weight excluding hydrogens is 190 g/mol. The van der Waals surface area contributed by atoms with E-state index in [1.165, 1.54) is 0 Å². The van der Waals surface area contributed by atoms with Crippen molar-refractivity contribution in [3.8, 4) is 0 Å². The van der Waals surface area contributed by atoms with E-state index in [-0.39, 0.29) is 5.24 Å². The van der Waals surface area contributed by atoms with Gasteiger partial charge in [-0.1, -0.05) is 19.6 Å². The Labute approximate surface area is 84.4 Å². The summed E-state index contributed by atoms with van der Waals surface area (Å²) in [6.07, 6.45) is 1.02. The van der Waals surface area contributed by atoms with Crippen LogP contribution in [0.1, 0.15) is 13.3 Å². The molecule has 13 heavy (non-hydrogen) atoms. The van der Waals surface area contributed by atoms with Crippen LogP contribution in [0.3, 0.4) is 0 Å². The molecule has 0 saturated carbocycles. The molecule has 0 fully saturated rings. The van der Waals surface area contributed by atoms with Crippen LogP contribution in [0, 0.1) is 0 Å². The van der Waals surface area contributed by atoms with E-state index in [4.69, 9.17) is 9.47 Å². The van der Waals surface area contributed by atoms with Crippen molar-refractivity contribution in [3.63, 3.8) is 0 Å². The number of ether oxygens (including phenoxy) is 2. The Morgan fingerprint density at radius 3 is 2.38 bits per heavy atom. The van der Waals surface area contributed by atoms with Crippen molar-refractivity contribution >= 4 is 17.9 Å². The Hall–Kier alpha value is -0.260. The predicted molar refractivity (Wildman–Crippen MR) is 54.3 cm³/mol. The topological polar surface area (TPSA) is 47.6 Å². The molecule has 0 aliphatic rings. The molecule has 0 aromatic rings. The van der Waals surface area contributed by atoms with Crippen LogP contribution in [0.25, 0.3) is 0 Å². The maximum Gasteiger partial charge on any atom is 0.276 e. The van der Waals surface area contributed by atoms with Gasteiger partial charge in [0.15, 0.2) is 0 Å². The van der Waals surface area contributed by atoms with E-state index in [1.807, 2.05) is 0 Å². The molecule has 0 saturated heterocycles. The van der Waals surface area contributed by atoms with Gasteiger partial charge in [-0.2, -0.15) is 0 Å². The smallest absolute Gasteiger partial charge is 0.276 e. The number of carbonyl (C=O) groups excluding carboxylic acids is 1. The maximum atomic E-state index is 10.3. The number of hydrogen-bond acceptors (Lipinski definition) is 3. The van der Waals surface area contributed by atoms with Gasteiger partial charge in [-0.05, 0) is 6.42 Å². The summed E-state index contributed by atoms with van der Waals surface area (Å²) in [4.78, 5) is 10.3. The number of rotatable bonds is 8. The Balaban J connectivity index is 2.87. The van der Waals surface area contributed by atoms with Crippen LogP contribution >= 0.6 is 12.6 Å². The first kappa shape index (κ1) is 12.7. The fourth-order valence-corrected chi connectivity index (χ4v) is 0.808. The van der Waals surface area contributed by atoms with Gasteiger partial charge in [0.25, 0.3) is 5.24 Å². The van der Waals surface area contributed by atoms with E-state index in [0.717, 1.165) is 13.0 Å². The molecule has 0 unspecified atom stereocenters. The lowest BCUT2D eigenvalue weighted by Gasteiger charge is -2.04. The van der Waals surface area contributed by atoms with Crippen molar-refractivity contribution in [1.29, 1.82) is 0 Å². The van der Waals surface area contributed by atoms with Gasteiger partial charge in [0.05, 0.1) is 19.8 Å². The van der Waals surface area contributed by atoms with Gasteiger partial charge < -0.3 is 14.8 Å². The van der Waals surface area contributed by atoms with Gasteiger partial charge in [0.2, 0.25) is 0 Å². The first-order valence-electron chi connectivity index (χ1n) is 4.39. The Bertz CT molecular complexity index is 133. The van der Waals surface area contributed by atoms with Crippen molar-refractivity contribution in [1.82, 2.24) is 5.32 Å². The van der Waals surface area contributed by atoms with Crippen LogP contribution in [-0.4, -0.2) is 38.2 Å². The molecule has 0 bridgehead atoms. The third-order valence-electron chi connectivity index (χ3n) is 1.24. The van der Waals surface area contributed by atoms with E-state index in [2.05, 4.69) is 24.9 Å². The molecule has 0 spiro atoms. The fourth-order valence-electron chi connectivity index (χ4n) is 0.696. The van der Waals surface area contributed by atoms with Gasteiger partial charge in [0, 0.05) is 13.2 Å². The molecule has 5 heteroatoms. The quantitative estimate of drug-likeness (QED) is 0.462. The molecule has 0 aliphatic carbocycles. The standard InChI is InChI=1S/C8H17NO3S/c1-2-4-11-6-7-12-5-3-9-8(10)13/h2-7H2,1H3,(H2,9,10,13). The minimum absolute atomic E-state index is 0.328. The van der Waals surface area contributed by atoms with E-state index in [9.17, 15) is 4.79 Å². The number of hydrogen-bond donors (Lipinski definition) is 2. The third kappa shape index (κ3) is 11.7. The van der Waals surface area contributed by atoms with Crippen molar-refractivity contribution < 1.29 is 14.3 Å². The lowest BCUT2D eigenvalue weighted by atomic mass is 10.5. The summed E-state index contributed by atoms with van der Waals surface area (Å²) in [7, 11) is 0. The van der Waals surface area contributed by atoms with Crippen LogP contribution in [-0.2, 0) is 9.47 Å². The average molecular weight is 207 g/mol. The summed E-state index contributed by atoms with van der Waals surface area (Å²) in [6.45, 7) is 5.02. The lowest BCUT2D eigenvalue weighted by molar-refractivity contribution is 0.0498. The van der Waals surface area contributed by atoms with E-state index < -0.39 is 0 Å². The minimum Gasteiger partial charge on any atom is -0.379 e. The number of nitrogens with one attached hydrogen (secondary N) is 1. The van der Waals surface area contributed by atoms with Crippen LogP contribution < -0.4 is 5.32 Å². The van der Waals surface area contributed by atoms with Crippen molar-refractivity contribution in [2.75, 3.05) is 33.0 Å². The van der Waals surface area contributed by atoms with Gasteiger partial charge in [0.1, 0.15) is 0 Å². The summed E-state index contributed by atoms with van der Waals surface area (Å²) < 4.78 is 10.3. The highest BCUT2D eigenvalue weighted by Crippen LogP contribution is 1.82. The first-order valence-corrected chi connectivity index (χ1v) is 4.84. The molecule has 0 heterocycles. The van der Waals surface area contributed by atoms with Crippen LogP contribution in [0.15, 0.2) is 0 Å². The van der Waals surface area contributed by atoms with Gasteiger partial charge in [-0.15, -0.1) is 0 Å². The SMILES string of the molecule is CCCOCCOCCNC(=O)S. The van der Waals surface area contributed by atoms with Crippen molar-refractivity contribution in [3.05, 3.63) is 0 Å². The van der Waals surface area contributed by atoms with Crippen LogP contribution in [0.2, 0.25) is 0 Å². The Morgan fingerprint density at radius 2 is 1.85 bits per heavy atom. The summed E-state index contributed by atoms with van der Waals surface area (Å²) in [5.41, 5.74) is 0. The summed E-state index contributed by atoms with van der Waals surface area (Å²) in [5, 5.41) is 2.18. The molecule has 1 amide bonds. The molecular formula is C8H17NO3S. The zero-order valence-corrected chi connectivity index (χ0v) is 8.81. The molecule has 1 N–H and O–H groups in total. The monoisotopic (exact) mass is 207 g/mol. The second-order valence-electron chi connectivity index (χ2n) is 2.46. The summed E-state index contributed by atoms with van der Waals surface area (Å²) in [6, 6.07) is 0. The van der Waals surface area contributed by atoms with Gasteiger partial charge >= 0.3 is 0 Å². The molecule has 0 aromatic carbocycles. The fraction of sp³-hybridized carbons (Fsp3) is 0.875. The first-order chi connectivity index (χ1) is 6.27. The van der Waals surface area contributed by atoms with Crippen molar-refractivity contribution in [2.45, 2.75) is 13.3 Å². The molecule has 4 nitrogen and oxygen atoms in total. The van der Waals surface area contributed by atoms with Crippen LogP contribution in [0.5, 0.6) is 0 Å². The highest BCUT2D eigenvalue weighted by atomic mass is 32.1. The second kappa shape index (κ2) is 9.83. The third-order valence-corrected chi connectivity index (χ3v) is 1.40. The number of amides is 1. The number of carbonyl (C=O) groups is 1.